The third-order valence-electron chi connectivity index (χ3n) is 5.25. The molecule has 3 aromatic rings. The average molecular weight is 374 g/mol. The number of nitrogens with zero attached hydrogens (tertiary/aromatic N) is 1. The third kappa shape index (κ3) is 4.28. The first-order valence-corrected chi connectivity index (χ1v) is 9.98. The Morgan fingerprint density at radius 1 is 1.04 bits per heavy atom. The first-order chi connectivity index (χ1) is 13.7. The predicted molar refractivity (Wildman–Crippen MR) is 114 cm³/mol. The predicted octanol–water partition coefficient (Wildman–Crippen LogP) is 5.43. The Morgan fingerprint density at radius 2 is 1.82 bits per heavy atom. The maximum Gasteiger partial charge on any atom is 0.224 e. The zero-order valence-corrected chi connectivity index (χ0v) is 16.3. The Bertz CT molecular complexity index is 940. The van der Waals surface area contributed by atoms with Crippen LogP contribution in [0, 0.1) is 6.92 Å². The van der Waals surface area contributed by atoms with Crippen LogP contribution in [0.1, 0.15) is 30.6 Å². The van der Waals surface area contributed by atoms with Crippen LogP contribution in [0.15, 0.2) is 65.1 Å². The second kappa shape index (κ2) is 8.34. The number of aryl methyl sites for hydroxylation is 2. The Hall–Kier alpha value is -3.01. The van der Waals surface area contributed by atoms with Crippen molar-refractivity contribution >= 4 is 17.3 Å². The van der Waals surface area contributed by atoms with Crippen molar-refractivity contribution in [3.63, 3.8) is 0 Å². The minimum Gasteiger partial charge on any atom is -0.461 e. The maximum atomic E-state index is 12.4. The zero-order chi connectivity index (χ0) is 19.3. The molecule has 0 aliphatic carbocycles. The SMILES string of the molecule is Cc1cc(NC(=O)CCc2ccc(-c3ccccc3)o2)ccc1N1CCCC1. The quantitative estimate of drug-likeness (QED) is 0.626. The van der Waals surface area contributed by atoms with Crippen molar-refractivity contribution in [2.75, 3.05) is 23.3 Å². The fourth-order valence-corrected chi connectivity index (χ4v) is 3.78. The summed E-state index contributed by atoms with van der Waals surface area (Å²) in [4.78, 5) is 14.8. The van der Waals surface area contributed by atoms with Crippen LogP contribution in [0.25, 0.3) is 11.3 Å². The summed E-state index contributed by atoms with van der Waals surface area (Å²) in [5.74, 6) is 1.67. The lowest BCUT2D eigenvalue weighted by atomic mass is 10.1. The topological polar surface area (TPSA) is 45.5 Å². The normalized spacial score (nSPS) is 13.7. The van der Waals surface area contributed by atoms with Gasteiger partial charge in [0.05, 0.1) is 0 Å². The van der Waals surface area contributed by atoms with Gasteiger partial charge in [-0.15, -0.1) is 0 Å². The van der Waals surface area contributed by atoms with Gasteiger partial charge in [-0.25, -0.2) is 0 Å². The number of benzene rings is 2. The van der Waals surface area contributed by atoms with Crippen LogP contribution in [0.4, 0.5) is 11.4 Å². The van der Waals surface area contributed by atoms with E-state index in [2.05, 4.69) is 29.3 Å². The van der Waals surface area contributed by atoms with Crippen LogP contribution in [-0.2, 0) is 11.2 Å². The molecule has 4 rings (SSSR count). The Balaban J connectivity index is 1.32. The molecule has 0 spiro atoms. The molecule has 1 aromatic heterocycles. The Labute approximate surface area is 166 Å². The molecule has 1 fully saturated rings. The van der Waals surface area contributed by atoms with Crippen molar-refractivity contribution in [3.8, 4) is 11.3 Å². The van der Waals surface area contributed by atoms with Crippen molar-refractivity contribution in [1.29, 1.82) is 0 Å². The number of carbonyl (C=O) groups excluding carboxylic acids is 1. The van der Waals surface area contributed by atoms with Gasteiger partial charge in [0.2, 0.25) is 5.91 Å². The molecule has 144 valence electrons. The minimum absolute atomic E-state index is 0.00554. The number of hydrogen-bond acceptors (Lipinski definition) is 3. The van der Waals surface area contributed by atoms with E-state index in [0.717, 1.165) is 35.9 Å². The summed E-state index contributed by atoms with van der Waals surface area (Å²) in [7, 11) is 0. The molecule has 0 radical (unpaired) electrons. The van der Waals surface area contributed by atoms with Crippen molar-refractivity contribution in [3.05, 3.63) is 72.0 Å². The molecule has 1 aliphatic heterocycles. The fraction of sp³-hybridized carbons (Fsp3) is 0.292. The third-order valence-corrected chi connectivity index (χ3v) is 5.25. The van der Waals surface area contributed by atoms with Gasteiger partial charge < -0.3 is 14.6 Å². The van der Waals surface area contributed by atoms with E-state index in [0.29, 0.717) is 12.8 Å². The molecule has 1 N–H and O–H groups in total. The smallest absolute Gasteiger partial charge is 0.224 e. The van der Waals surface area contributed by atoms with Gasteiger partial charge in [0.1, 0.15) is 11.5 Å². The standard InChI is InChI=1S/C24H26N2O2/c1-18-17-20(9-12-22(18)26-15-5-6-16-26)25-24(27)14-11-21-10-13-23(28-21)19-7-3-2-4-8-19/h2-4,7-10,12-13,17H,5-6,11,14-16H2,1H3,(H,25,27). The number of amides is 1. The van der Waals surface area contributed by atoms with E-state index in [1.807, 2.05) is 48.5 Å². The van der Waals surface area contributed by atoms with Crippen LogP contribution in [0.2, 0.25) is 0 Å². The van der Waals surface area contributed by atoms with Crippen LogP contribution in [-0.4, -0.2) is 19.0 Å². The van der Waals surface area contributed by atoms with Crippen LogP contribution < -0.4 is 10.2 Å². The van der Waals surface area contributed by atoms with Crippen molar-refractivity contribution in [2.24, 2.45) is 0 Å². The number of carbonyl (C=O) groups is 1. The fourth-order valence-electron chi connectivity index (χ4n) is 3.78. The van der Waals surface area contributed by atoms with Crippen LogP contribution in [0.3, 0.4) is 0 Å². The average Bonchev–Trinajstić information content (AvgIpc) is 3.39. The number of hydrogen-bond donors (Lipinski definition) is 1. The molecule has 0 atom stereocenters. The lowest BCUT2D eigenvalue weighted by molar-refractivity contribution is -0.116. The number of anilines is 2. The molecular weight excluding hydrogens is 348 g/mol. The molecule has 4 nitrogen and oxygen atoms in total. The van der Waals surface area contributed by atoms with Gasteiger partial charge in [0, 0.05) is 42.9 Å². The molecule has 1 aliphatic rings. The van der Waals surface area contributed by atoms with E-state index in [9.17, 15) is 4.79 Å². The largest absolute Gasteiger partial charge is 0.461 e. The van der Waals surface area contributed by atoms with Gasteiger partial charge >= 0.3 is 0 Å². The van der Waals surface area contributed by atoms with Crippen molar-refractivity contribution in [1.82, 2.24) is 0 Å². The molecule has 4 heteroatoms. The van der Waals surface area contributed by atoms with Gasteiger partial charge in [-0.2, -0.15) is 0 Å². The van der Waals surface area contributed by atoms with E-state index in [-0.39, 0.29) is 5.91 Å². The van der Waals surface area contributed by atoms with E-state index in [1.54, 1.807) is 0 Å². The summed E-state index contributed by atoms with van der Waals surface area (Å²) in [6, 6.07) is 20.1. The molecule has 2 heterocycles. The maximum absolute atomic E-state index is 12.4. The van der Waals surface area contributed by atoms with Gasteiger partial charge in [-0.3, -0.25) is 4.79 Å². The van der Waals surface area contributed by atoms with Gasteiger partial charge in [-0.1, -0.05) is 30.3 Å². The first-order valence-electron chi connectivity index (χ1n) is 9.98. The zero-order valence-electron chi connectivity index (χ0n) is 16.3. The second-order valence-electron chi connectivity index (χ2n) is 7.38. The summed E-state index contributed by atoms with van der Waals surface area (Å²) in [6.45, 7) is 4.36. The highest BCUT2D eigenvalue weighted by atomic mass is 16.3. The number of nitrogens with one attached hydrogen (secondary N) is 1. The molecule has 28 heavy (non-hydrogen) atoms. The molecule has 1 amide bonds. The van der Waals surface area contributed by atoms with Gasteiger partial charge in [-0.05, 0) is 55.7 Å². The second-order valence-corrected chi connectivity index (χ2v) is 7.38. The number of rotatable bonds is 6. The Morgan fingerprint density at radius 3 is 2.57 bits per heavy atom. The first kappa shape index (κ1) is 18.4. The molecule has 1 saturated heterocycles. The van der Waals surface area contributed by atoms with Crippen molar-refractivity contribution in [2.45, 2.75) is 32.6 Å². The summed E-state index contributed by atoms with van der Waals surface area (Å²) in [5, 5.41) is 3.01. The highest BCUT2D eigenvalue weighted by molar-refractivity contribution is 5.91. The molecule has 0 unspecified atom stereocenters. The summed E-state index contributed by atoms with van der Waals surface area (Å²) >= 11 is 0. The highest BCUT2D eigenvalue weighted by Crippen LogP contribution is 2.27. The lowest BCUT2D eigenvalue weighted by Crippen LogP contribution is -2.19. The molecular formula is C24H26N2O2. The summed E-state index contributed by atoms with van der Waals surface area (Å²) in [6.07, 6.45) is 3.51. The van der Waals surface area contributed by atoms with E-state index >= 15 is 0 Å². The van der Waals surface area contributed by atoms with E-state index in [1.165, 1.54) is 24.1 Å². The molecule has 0 bridgehead atoms. The highest BCUT2D eigenvalue weighted by Gasteiger charge is 2.15. The van der Waals surface area contributed by atoms with Crippen LogP contribution in [0.5, 0.6) is 0 Å². The minimum atomic E-state index is 0.00554. The van der Waals surface area contributed by atoms with E-state index < -0.39 is 0 Å². The van der Waals surface area contributed by atoms with Crippen molar-refractivity contribution < 1.29 is 9.21 Å². The van der Waals surface area contributed by atoms with Crippen LogP contribution >= 0.6 is 0 Å². The Kier molecular flexibility index (Phi) is 5.47. The lowest BCUT2D eigenvalue weighted by Gasteiger charge is -2.20. The summed E-state index contributed by atoms with van der Waals surface area (Å²) < 4.78 is 5.88. The molecule has 0 saturated carbocycles. The monoisotopic (exact) mass is 374 g/mol. The van der Waals surface area contributed by atoms with E-state index in [4.69, 9.17) is 4.42 Å². The van der Waals surface area contributed by atoms with Gasteiger partial charge in [0.15, 0.2) is 0 Å². The van der Waals surface area contributed by atoms with Gasteiger partial charge in [0.25, 0.3) is 0 Å². The molecule has 2 aromatic carbocycles. The number of furan rings is 1. The summed E-state index contributed by atoms with van der Waals surface area (Å²) in [5.41, 5.74) is 4.39.